The average Bonchev–Trinajstić information content (AvgIpc) is 2.67. The van der Waals surface area contributed by atoms with Crippen molar-refractivity contribution in [1.82, 2.24) is 0 Å². The number of hydrogen-bond donors (Lipinski definition) is 0. The molecule has 2 aliphatic carbocycles. The second-order valence-corrected chi connectivity index (χ2v) is 8.26. The van der Waals surface area contributed by atoms with Gasteiger partial charge in [0.2, 0.25) is 0 Å². The maximum atomic E-state index is 2.61. The molecule has 132 valence electrons. The van der Waals surface area contributed by atoms with E-state index in [0.717, 1.165) is 24.2 Å². The highest BCUT2D eigenvalue weighted by atomic mass is 14.3. The summed E-state index contributed by atoms with van der Waals surface area (Å²) in [6.07, 6.45) is 17.9. The van der Waals surface area contributed by atoms with Crippen LogP contribution in [0.25, 0.3) is 0 Å². The van der Waals surface area contributed by atoms with Crippen LogP contribution in [0.2, 0.25) is 0 Å². The van der Waals surface area contributed by atoms with E-state index in [-0.39, 0.29) is 0 Å². The summed E-state index contributed by atoms with van der Waals surface area (Å²) in [5, 5.41) is 0. The Hall–Kier alpha value is -1.04. The van der Waals surface area contributed by atoms with Crippen LogP contribution in [0.3, 0.4) is 0 Å². The Kier molecular flexibility index (Phi) is 6.58. The SMILES string of the molecule is CCc1ccc(CCC2=CCC([C@H]3CC[C@H](CC)CC3)CC2)cc1. The average molecular weight is 325 g/mol. The number of allylic oxidation sites excluding steroid dienone is 2. The lowest BCUT2D eigenvalue weighted by Crippen LogP contribution is -2.23. The van der Waals surface area contributed by atoms with Gasteiger partial charge in [0.1, 0.15) is 0 Å². The molecule has 1 saturated carbocycles. The molecule has 0 heteroatoms. The number of aryl methyl sites for hydroxylation is 2. The highest BCUT2D eigenvalue weighted by Crippen LogP contribution is 2.40. The van der Waals surface area contributed by atoms with Crippen LogP contribution < -0.4 is 0 Å². The molecule has 0 aliphatic heterocycles. The predicted molar refractivity (Wildman–Crippen MR) is 105 cm³/mol. The van der Waals surface area contributed by atoms with Crippen LogP contribution in [-0.4, -0.2) is 0 Å². The molecule has 2 aliphatic rings. The second kappa shape index (κ2) is 8.88. The second-order valence-electron chi connectivity index (χ2n) is 8.26. The quantitative estimate of drug-likeness (QED) is 0.488. The Morgan fingerprint density at radius 3 is 2.08 bits per heavy atom. The predicted octanol–water partition coefficient (Wildman–Crippen LogP) is 7.12. The third-order valence-electron chi connectivity index (χ3n) is 6.85. The minimum absolute atomic E-state index is 0.996. The summed E-state index contributed by atoms with van der Waals surface area (Å²) in [6, 6.07) is 9.26. The summed E-state index contributed by atoms with van der Waals surface area (Å²) in [6.45, 7) is 4.60. The molecule has 1 aromatic rings. The molecule has 1 fully saturated rings. The van der Waals surface area contributed by atoms with Crippen molar-refractivity contribution in [2.24, 2.45) is 17.8 Å². The van der Waals surface area contributed by atoms with E-state index in [9.17, 15) is 0 Å². The van der Waals surface area contributed by atoms with Gasteiger partial charge in [-0.1, -0.05) is 69.0 Å². The lowest BCUT2D eigenvalue weighted by atomic mass is 9.71. The molecule has 0 heterocycles. The van der Waals surface area contributed by atoms with Gasteiger partial charge >= 0.3 is 0 Å². The largest absolute Gasteiger partial charge is 0.0850 e. The maximum absolute atomic E-state index is 2.61. The Labute approximate surface area is 149 Å². The van der Waals surface area contributed by atoms with Crippen molar-refractivity contribution < 1.29 is 0 Å². The highest BCUT2D eigenvalue weighted by molar-refractivity contribution is 5.23. The first-order valence-corrected chi connectivity index (χ1v) is 10.5. The summed E-state index contributed by atoms with van der Waals surface area (Å²) in [5.41, 5.74) is 4.69. The summed E-state index contributed by atoms with van der Waals surface area (Å²) < 4.78 is 0. The highest BCUT2D eigenvalue weighted by Gasteiger charge is 2.27. The Balaban J connectivity index is 1.43. The van der Waals surface area contributed by atoms with Crippen molar-refractivity contribution in [1.29, 1.82) is 0 Å². The number of rotatable bonds is 6. The van der Waals surface area contributed by atoms with Gasteiger partial charge in [0.05, 0.1) is 0 Å². The van der Waals surface area contributed by atoms with Crippen LogP contribution in [0.5, 0.6) is 0 Å². The van der Waals surface area contributed by atoms with Crippen molar-refractivity contribution in [3.05, 3.63) is 47.0 Å². The van der Waals surface area contributed by atoms with Crippen LogP contribution in [0, 0.1) is 17.8 Å². The summed E-state index contributed by atoms with van der Waals surface area (Å²) in [4.78, 5) is 0. The number of benzene rings is 1. The van der Waals surface area contributed by atoms with Crippen LogP contribution in [0.4, 0.5) is 0 Å². The van der Waals surface area contributed by atoms with Crippen LogP contribution in [0.15, 0.2) is 35.9 Å². The molecular formula is C24H36. The van der Waals surface area contributed by atoms with Gasteiger partial charge in [-0.05, 0) is 80.2 Å². The molecule has 24 heavy (non-hydrogen) atoms. The van der Waals surface area contributed by atoms with Gasteiger partial charge in [-0.2, -0.15) is 0 Å². The van der Waals surface area contributed by atoms with E-state index in [1.165, 1.54) is 75.3 Å². The number of hydrogen-bond acceptors (Lipinski definition) is 0. The summed E-state index contributed by atoms with van der Waals surface area (Å²) in [7, 11) is 0. The van der Waals surface area contributed by atoms with Crippen LogP contribution in [-0.2, 0) is 12.8 Å². The van der Waals surface area contributed by atoms with Gasteiger partial charge < -0.3 is 0 Å². The molecule has 1 aromatic carbocycles. The van der Waals surface area contributed by atoms with Gasteiger partial charge in [-0.25, -0.2) is 0 Å². The zero-order chi connectivity index (χ0) is 16.8. The van der Waals surface area contributed by atoms with Gasteiger partial charge in [-0.15, -0.1) is 0 Å². The zero-order valence-electron chi connectivity index (χ0n) is 15.9. The van der Waals surface area contributed by atoms with Gasteiger partial charge in [-0.3, -0.25) is 0 Å². The Morgan fingerprint density at radius 1 is 0.792 bits per heavy atom. The van der Waals surface area contributed by atoms with Crippen molar-refractivity contribution in [2.75, 3.05) is 0 Å². The molecule has 3 rings (SSSR count). The zero-order valence-corrected chi connectivity index (χ0v) is 15.9. The molecule has 0 bridgehead atoms. The molecule has 0 nitrogen and oxygen atoms in total. The third kappa shape index (κ3) is 4.74. The van der Waals surface area contributed by atoms with Crippen molar-refractivity contribution in [3.63, 3.8) is 0 Å². The monoisotopic (exact) mass is 324 g/mol. The van der Waals surface area contributed by atoms with Gasteiger partial charge in [0.15, 0.2) is 0 Å². The van der Waals surface area contributed by atoms with Crippen molar-refractivity contribution in [3.8, 4) is 0 Å². The minimum atomic E-state index is 0.996. The van der Waals surface area contributed by atoms with E-state index >= 15 is 0 Å². The topological polar surface area (TPSA) is 0 Å². The van der Waals surface area contributed by atoms with E-state index in [1.807, 2.05) is 0 Å². The van der Waals surface area contributed by atoms with Crippen molar-refractivity contribution in [2.45, 2.75) is 84.5 Å². The Morgan fingerprint density at radius 2 is 1.50 bits per heavy atom. The molecule has 1 atom stereocenters. The fourth-order valence-corrected chi connectivity index (χ4v) is 4.88. The third-order valence-corrected chi connectivity index (χ3v) is 6.85. The van der Waals surface area contributed by atoms with E-state index in [4.69, 9.17) is 0 Å². The molecular weight excluding hydrogens is 288 g/mol. The maximum Gasteiger partial charge on any atom is -0.0241 e. The Bertz CT molecular complexity index is 513. The molecule has 0 spiro atoms. The van der Waals surface area contributed by atoms with E-state index in [0.29, 0.717) is 0 Å². The van der Waals surface area contributed by atoms with Crippen molar-refractivity contribution >= 4 is 0 Å². The lowest BCUT2D eigenvalue weighted by Gasteiger charge is -2.35. The van der Waals surface area contributed by atoms with Crippen LogP contribution in [0.1, 0.15) is 82.8 Å². The lowest BCUT2D eigenvalue weighted by molar-refractivity contribution is 0.189. The van der Waals surface area contributed by atoms with E-state index in [1.54, 1.807) is 5.57 Å². The molecule has 0 aromatic heterocycles. The fourth-order valence-electron chi connectivity index (χ4n) is 4.88. The minimum Gasteiger partial charge on any atom is -0.0850 e. The normalized spacial score (nSPS) is 27.8. The summed E-state index contributed by atoms with van der Waals surface area (Å²) >= 11 is 0. The van der Waals surface area contributed by atoms with Gasteiger partial charge in [0.25, 0.3) is 0 Å². The van der Waals surface area contributed by atoms with E-state index < -0.39 is 0 Å². The van der Waals surface area contributed by atoms with Crippen LogP contribution >= 0.6 is 0 Å². The first-order chi connectivity index (χ1) is 11.8. The fraction of sp³-hybridized carbons (Fsp3) is 0.667. The molecule has 0 saturated heterocycles. The van der Waals surface area contributed by atoms with Gasteiger partial charge in [0, 0.05) is 0 Å². The standard InChI is InChI=1S/C24H36/c1-3-19-5-7-21(8-6-19)9-10-22-13-17-24(18-14-22)23-15-11-20(4-2)12-16-23/h5-8,13,20,23-24H,3-4,9-12,14-18H2,1-2H3/t20-,23-,24?. The molecule has 1 unspecified atom stereocenters. The smallest absolute Gasteiger partial charge is 0.0241 e. The first kappa shape index (κ1) is 17.8. The molecule has 0 amide bonds. The molecule has 0 N–H and O–H groups in total. The first-order valence-electron chi connectivity index (χ1n) is 10.5. The summed E-state index contributed by atoms with van der Waals surface area (Å²) in [5.74, 6) is 3.07. The van der Waals surface area contributed by atoms with E-state index in [2.05, 4.69) is 44.2 Å². The molecule has 0 radical (unpaired) electrons.